The van der Waals surface area contributed by atoms with Gasteiger partial charge < -0.3 is 10.1 Å². The van der Waals surface area contributed by atoms with Gasteiger partial charge in [0.1, 0.15) is 17.7 Å². The fraction of sp³-hybridized carbons (Fsp3) is 0.182. The molecule has 0 bridgehead atoms. The molecule has 8 nitrogen and oxygen atoms in total. The van der Waals surface area contributed by atoms with E-state index < -0.39 is 6.10 Å². The second kappa shape index (κ2) is 6.58. The van der Waals surface area contributed by atoms with Crippen LogP contribution in [-0.2, 0) is 0 Å². The second-order valence-electron chi connectivity index (χ2n) is 7.69. The number of nitrogens with one attached hydrogen (secondary N) is 1. The maximum atomic E-state index is 13.8. The average Bonchev–Trinajstić information content (AvgIpc) is 3.34. The molecule has 3 heterocycles. The number of aliphatic hydroxyl groups is 1. The van der Waals surface area contributed by atoms with Crippen LogP contribution in [0.4, 0.5) is 4.39 Å². The minimum Gasteiger partial charge on any atom is -0.388 e. The van der Waals surface area contributed by atoms with Crippen LogP contribution in [0.3, 0.4) is 0 Å². The molecule has 1 unspecified atom stereocenters. The first-order valence-electron chi connectivity index (χ1n) is 9.97. The molecule has 0 amide bonds. The summed E-state index contributed by atoms with van der Waals surface area (Å²) in [7, 11) is 0. The number of benzene rings is 2. The predicted octanol–water partition coefficient (Wildman–Crippen LogP) is 3.01. The highest BCUT2D eigenvalue weighted by Gasteiger charge is 2.29. The Morgan fingerprint density at radius 1 is 1.10 bits per heavy atom. The van der Waals surface area contributed by atoms with E-state index in [4.69, 9.17) is 0 Å². The zero-order valence-electron chi connectivity index (χ0n) is 16.2. The molecule has 1 aliphatic carbocycles. The summed E-state index contributed by atoms with van der Waals surface area (Å²) in [6.07, 6.45) is 3.68. The Kier molecular flexibility index (Phi) is 3.81. The summed E-state index contributed by atoms with van der Waals surface area (Å²) in [5.41, 5.74) is 3.54. The van der Waals surface area contributed by atoms with Gasteiger partial charge in [0.05, 0.1) is 29.4 Å². The topological polar surface area (TPSA) is 102 Å². The number of rotatable bonds is 2. The molecule has 31 heavy (non-hydrogen) atoms. The largest absolute Gasteiger partial charge is 0.388 e. The lowest BCUT2D eigenvalue weighted by Crippen LogP contribution is -2.27. The van der Waals surface area contributed by atoms with Crippen LogP contribution in [0.15, 0.2) is 59.8 Å². The number of nitrogens with zero attached hydrogens (tertiary/aromatic N) is 5. The second-order valence-corrected chi connectivity index (χ2v) is 7.69. The number of halogens is 1. The molecule has 2 N–H and O–H groups in total. The van der Waals surface area contributed by atoms with E-state index in [0.717, 1.165) is 11.1 Å². The smallest absolute Gasteiger partial charge is 0.328 e. The van der Waals surface area contributed by atoms with E-state index in [-0.39, 0.29) is 23.5 Å². The van der Waals surface area contributed by atoms with Crippen LogP contribution in [0.5, 0.6) is 0 Å². The third-order valence-corrected chi connectivity index (χ3v) is 5.91. The van der Waals surface area contributed by atoms with E-state index >= 15 is 0 Å². The van der Waals surface area contributed by atoms with Crippen LogP contribution in [0.2, 0.25) is 0 Å². The van der Waals surface area contributed by atoms with Gasteiger partial charge in [0.25, 0.3) is 0 Å². The molecule has 9 heteroatoms. The van der Waals surface area contributed by atoms with E-state index in [1.165, 1.54) is 18.5 Å². The Balaban J connectivity index is 1.56. The van der Waals surface area contributed by atoms with Gasteiger partial charge in [0.15, 0.2) is 5.65 Å². The number of aromatic amines is 1. The monoisotopic (exact) mass is 416 g/mol. The van der Waals surface area contributed by atoms with Crippen LogP contribution in [0.25, 0.3) is 28.1 Å². The van der Waals surface area contributed by atoms with Gasteiger partial charge in [-0.05, 0) is 36.1 Å². The average molecular weight is 416 g/mol. The van der Waals surface area contributed by atoms with Crippen molar-refractivity contribution in [1.82, 2.24) is 29.1 Å². The summed E-state index contributed by atoms with van der Waals surface area (Å²) in [6, 6.07) is 11.7. The fourth-order valence-electron chi connectivity index (χ4n) is 4.47. The molecule has 2 atom stereocenters. The van der Waals surface area contributed by atoms with Crippen LogP contribution in [-0.4, -0.2) is 34.2 Å². The molecule has 0 aliphatic heterocycles. The molecule has 0 radical (unpaired) electrons. The predicted molar refractivity (Wildman–Crippen MR) is 112 cm³/mol. The van der Waals surface area contributed by atoms with Crippen LogP contribution >= 0.6 is 0 Å². The maximum absolute atomic E-state index is 13.8. The van der Waals surface area contributed by atoms with Crippen molar-refractivity contribution >= 4 is 22.2 Å². The van der Waals surface area contributed by atoms with Gasteiger partial charge in [0.2, 0.25) is 5.95 Å². The Morgan fingerprint density at radius 2 is 1.94 bits per heavy atom. The van der Waals surface area contributed by atoms with Crippen molar-refractivity contribution in [1.29, 1.82) is 0 Å². The normalized spacial score (nSPS) is 18.5. The zero-order valence-corrected chi connectivity index (χ0v) is 16.2. The van der Waals surface area contributed by atoms with Gasteiger partial charge in [-0.25, -0.2) is 19.2 Å². The summed E-state index contributed by atoms with van der Waals surface area (Å²) in [5, 5.41) is 10.4. The van der Waals surface area contributed by atoms with Crippen molar-refractivity contribution in [2.45, 2.75) is 25.0 Å². The molecule has 5 aromatic rings. The third kappa shape index (κ3) is 2.70. The van der Waals surface area contributed by atoms with Gasteiger partial charge in [-0.2, -0.15) is 4.98 Å². The Morgan fingerprint density at radius 3 is 2.81 bits per heavy atom. The number of fused-ring (bicyclic) bond motifs is 3. The summed E-state index contributed by atoms with van der Waals surface area (Å²) in [6.45, 7) is 0. The number of imidazole rings is 2. The van der Waals surface area contributed by atoms with Gasteiger partial charge in [0, 0.05) is 6.07 Å². The summed E-state index contributed by atoms with van der Waals surface area (Å²) >= 11 is 0. The fourth-order valence-corrected chi connectivity index (χ4v) is 4.47. The SMILES string of the molecule is O=c1[nH]c2cnc(-n3cnc4ccc(F)cc43)nc2n1C1CC[C@@H](O)c2ccccc21. The lowest BCUT2D eigenvalue weighted by Gasteiger charge is -2.29. The lowest BCUT2D eigenvalue weighted by molar-refractivity contribution is 0.147. The van der Waals surface area contributed by atoms with E-state index in [1.54, 1.807) is 21.4 Å². The Labute approximate surface area is 174 Å². The number of aromatic nitrogens is 6. The first kappa shape index (κ1) is 18.0. The molecule has 6 rings (SSSR count). The molecule has 154 valence electrons. The van der Waals surface area contributed by atoms with E-state index in [9.17, 15) is 14.3 Å². The molecule has 2 aromatic carbocycles. The van der Waals surface area contributed by atoms with Gasteiger partial charge >= 0.3 is 5.69 Å². The highest BCUT2D eigenvalue weighted by molar-refractivity contribution is 5.77. The van der Waals surface area contributed by atoms with Gasteiger partial charge in [-0.15, -0.1) is 0 Å². The molecular weight excluding hydrogens is 399 g/mol. The quantitative estimate of drug-likeness (QED) is 0.461. The summed E-state index contributed by atoms with van der Waals surface area (Å²) in [5.74, 6) is -0.0938. The molecule has 3 aromatic heterocycles. The van der Waals surface area contributed by atoms with Crippen molar-refractivity contribution in [3.63, 3.8) is 0 Å². The number of H-pyrrole nitrogens is 1. The van der Waals surface area contributed by atoms with E-state index in [1.807, 2.05) is 24.3 Å². The van der Waals surface area contributed by atoms with Crippen LogP contribution < -0.4 is 5.69 Å². The first-order chi connectivity index (χ1) is 15.1. The molecule has 0 spiro atoms. The van der Waals surface area contributed by atoms with Crippen molar-refractivity contribution in [3.05, 3.63) is 82.4 Å². The highest BCUT2D eigenvalue weighted by atomic mass is 19.1. The van der Waals surface area contributed by atoms with E-state index in [0.29, 0.717) is 35.0 Å². The number of hydrogen-bond acceptors (Lipinski definition) is 5. The molecule has 0 saturated carbocycles. The number of hydrogen-bond donors (Lipinski definition) is 2. The van der Waals surface area contributed by atoms with Crippen molar-refractivity contribution in [3.8, 4) is 5.95 Å². The van der Waals surface area contributed by atoms with Gasteiger partial charge in [-0.1, -0.05) is 24.3 Å². The summed E-state index contributed by atoms with van der Waals surface area (Å²) < 4.78 is 17.0. The summed E-state index contributed by atoms with van der Waals surface area (Å²) in [4.78, 5) is 29.0. The van der Waals surface area contributed by atoms with Crippen molar-refractivity contribution < 1.29 is 9.50 Å². The molecule has 0 fully saturated rings. The van der Waals surface area contributed by atoms with Crippen molar-refractivity contribution in [2.24, 2.45) is 0 Å². The van der Waals surface area contributed by atoms with E-state index in [2.05, 4.69) is 19.9 Å². The first-order valence-corrected chi connectivity index (χ1v) is 9.97. The highest BCUT2D eigenvalue weighted by Crippen LogP contribution is 2.38. The standard InChI is InChI=1S/C22H17FN6O2/c23-12-5-6-15-18(9-12)28(11-25-15)21-24-10-16-20(27-21)29(22(31)26-16)17-7-8-19(30)14-4-2-1-3-13(14)17/h1-6,9-11,17,19,30H,7-8H2,(H,26,31)/t17?,19-/m1/s1. The molecule has 1 aliphatic rings. The lowest BCUT2D eigenvalue weighted by atomic mass is 9.85. The van der Waals surface area contributed by atoms with Crippen LogP contribution in [0, 0.1) is 5.82 Å². The Hall–Kier alpha value is -3.85. The zero-order chi connectivity index (χ0) is 21.1. The number of aliphatic hydroxyl groups excluding tert-OH is 1. The molecule has 0 saturated heterocycles. The van der Waals surface area contributed by atoms with Crippen molar-refractivity contribution in [2.75, 3.05) is 0 Å². The minimum absolute atomic E-state index is 0.263. The van der Waals surface area contributed by atoms with Gasteiger partial charge in [-0.3, -0.25) is 9.13 Å². The molecular formula is C22H17FN6O2. The Bertz CT molecular complexity index is 1520. The van der Waals surface area contributed by atoms with Crippen LogP contribution in [0.1, 0.15) is 36.1 Å². The minimum atomic E-state index is -0.550. The maximum Gasteiger partial charge on any atom is 0.328 e. The third-order valence-electron chi connectivity index (χ3n) is 5.91.